The second-order valence-corrected chi connectivity index (χ2v) is 12.3. The monoisotopic (exact) mass is 594 g/mol. The topological polar surface area (TPSA) is 134 Å². The number of alkyl halides is 3. The third kappa shape index (κ3) is 7.29. The van der Waals surface area contributed by atoms with Gasteiger partial charge in [0.1, 0.15) is 12.6 Å². The van der Waals surface area contributed by atoms with Gasteiger partial charge in [-0.3, -0.25) is 28.7 Å². The van der Waals surface area contributed by atoms with E-state index in [0.717, 1.165) is 18.4 Å². The van der Waals surface area contributed by atoms with Crippen LogP contribution in [0.3, 0.4) is 0 Å². The van der Waals surface area contributed by atoms with Crippen LogP contribution in [0.5, 0.6) is 0 Å². The summed E-state index contributed by atoms with van der Waals surface area (Å²) in [6.07, 6.45) is -2.74. The van der Waals surface area contributed by atoms with Gasteiger partial charge in [0.15, 0.2) is 5.78 Å². The molecule has 42 heavy (non-hydrogen) atoms. The van der Waals surface area contributed by atoms with Crippen molar-refractivity contribution in [1.82, 2.24) is 15.5 Å². The van der Waals surface area contributed by atoms with Gasteiger partial charge in [0, 0.05) is 24.7 Å². The fourth-order valence-electron chi connectivity index (χ4n) is 6.34. The van der Waals surface area contributed by atoms with Crippen molar-refractivity contribution in [3.8, 4) is 0 Å². The number of likely N-dealkylation sites (tertiary alicyclic amines) is 1. The first-order chi connectivity index (χ1) is 19.7. The average molecular weight is 595 g/mol. The van der Waals surface area contributed by atoms with E-state index in [-0.39, 0.29) is 36.1 Å². The Kier molecular flexibility index (Phi) is 9.29. The highest BCUT2D eigenvalue weighted by molar-refractivity contribution is 6.40. The molecule has 5 atom stereocenters. The van der Waals surface area contributed by atoms with Crippen molar-refractivity contribution < 1.29 is 41.9 Å². The summed E-state index contributed by atoms with van der Waals surface area (Å²) >= 11 is 0. The van der Waals surface area contributed by atoms with Gasteiger partial charge in [-0.2, -0.15) is 0 Å². The molecule has 1 aromatic carbocycles. The maximum atomic E-state index is 13.7. The van der Waals surface area contributed by atoms with Crippen LogP contribution in [-0.4, -0.2) is 72.5 Å². The number of ketones is 1. The van der Waals surface area contributed by atoms with E-state index in [9.17, 15) is 37.1 Å². The minimum atomic E-state index is -5.06. The number of para-hydroxylation sites is 1. The molecule has 230 valence electrons. The van der Waals surface area contributed by atoms with E-state index in [4.69, 9.17) is 0 Å². The number of carbonyl (C=O) groups is 5. The predicted octanol–water partition coefficient (Wildman–Crippen LogP) is 2.67. The summed E-state index contributed by atoms with van der Waals surface area (Å²) in [4.78, 5) is 66.5. The third-order valence-corrected chi connectivity index (χ3v) is 8.36. The molecule has 0 bridgehead atoms. The zero-order chi connectivity index (χ0) is 30.8. The molecule has 5 unspecified atom stereocenters. The molecule has 0 spiro atoms. The molecule has 0 radical (unpaired) electrons. The Bertz CT molecular complexity index is 1230. The molecule has 4 amide bonds. The van der Waals surface area contributed by atoms with Gasteiger partial charge >= 0.3 is 18.2 Å². The molecule has 2 saturated heterocycles. The molecule has 1 aromatic rings. The second-order valence-electron chi connectivity index (χ2n) is 12.3. The highest BCUT2D eigenvalue weighted by Crippen LogP contribution is 2.42. The SMILES string of the molecule is CC(C)(C)c1ccccc1NC(=O)C(=O)N1CC2CCCC2C1C(=O)NC(CC1CCNC1=O)C(=O)COC(F)(F)F. The summed E-state index contributed by atoms with van der Waals surface area (Å²) in [5, 5.41) is 7.80. The quantitative estimate of drug-likeness (QED) is 0.397. The Balaban J connectivity index is 1.53. The number of halogens is 3. The van der Waals surface area contributed by atoms with Crippen molar-refractivity contribution in [2.24, 2.45) is 17.8 Å². The van der Waals surface area contributed by atoms with Crippen molar-refractivity contribution in [3.63, 3.8) is 0 Å². The van der Waals surface area contributed by atoms with Crippen molar-refractivity contribution in [1.29, 1.82) is 0 Å². The molecule has 3 fully saturated rings. The first kappa shape index (κ1) is 31.5. The summed E-state index contributed by atoms with van der Waals surface area (Å²) < 4.78 is 41.7. The Labute approximate surface area is 242 Å². The van der Waals surface area contributed by atoms with Crippen LogP contribution >= 0.6 is 0 Å². The Morgan fingerprint density at radius 3 is 2.45 bits per heavy atom. The molecular weight excluding hydrogens is 557 g/mol. The van der Waals surface area contributed by atoms with Crippen LogP contribution in [0.1, 0.15) is 58.4 Å². The number of benzene rings is 1. The van der Waals surface area contributed by atoms with Gasteiger partial charge in [-0.25, -0.2) is 0 Å². The van der Waals surface area contributed by atoms with Crippen molar-refractivity contribution in [2.45, 2.75) is 76.7 Å². The number of amides is 4. The zero-order valence-electron chi connectivity index (χ0n) is 23.9. The van der Waals surface area contributed by atoms with Gasteiger partial charge < -0.3 is 20.9 Å². The van der Waals surface area contributed by atoms with E-state index >= 15 is 0 Å². The number of ether oxygens (including phenoxy) is 1. The molecule has 13 heteroatoms. The Morgan fingerprint density at radius 2 is 1.81 bits per heavy atom. The largest absolute Gasteiger partial charge is 0.522 e. The molecule has 10 nitrogen and oxygen atoms in total. The first-order valence-electron chi connectivity index (χ1n) is 14.2. The molecule has 4 rings (SSSR count). The summed E-state index contributed by atoms with van der Waals surface area (Å²) in [7, 11) is 0. The molecule has 3 N–H and O–H groups in total. The number of Topliss-reactive ketones (excluding diaryl/α,β-unsaturated/α-hetero) is 1. The first-order valence-corrected chi connectivity index (χ1v) is 14.2. The van der Waals surface area contributed by atoms with E-state index in [0.29, 0.717) is 25.1 Å². The van der Waals surface area contributed by atoms with Gasteiger partial charge in [0.2, 0.25) is 11.8 Å². The minimum Gasteiger partial charge on any atom is -0.356 e. The number of carbonyl (C=O) groups excluding carboxylic acids is 5. The Morgan fingerprint density at radius 1 is 1.10 bits per heavy atom. The van der Waals surface area contributed by atoms with Gasteiger partial charge in [0.25, 0.3) is 0 Å². The second kappa shape index (κ2) is 12.4. The standard InChI is InChI=1S/C29H37F3N4O6/c1-28(2,3)19-9-4-5-10-20(19)34-26(40)27(41)36-14-17-7-6-8-18(17)23(36)25(39)35-21(13-16-11-12-33-24(16)38)22(37)15-42-29(30,31)32/h4-5,9-10,16-18,21,23H,6-8,11-15H2,1-3H3,(H,33,38)(H,34,40)(H,35,39). The smallest absolute Gasteiger partial charge is 0.356 e. The lowest BCUT2D eigenvalue weighted by atomic mass is 9.86. The predicted molar refractivity (Wildman–Crippen MR) is 145 cm³/mol. The van der Waals surface area contributed by atoms with Crippen LogP contribution in [0, 0.1) is 17.8 Å². The lowest BCUT2D eigenvalue weighted by Crippen LogP contribution is -2.55. The van der Waals surface area contributed by atoms with E-state index < -0.39 is 54.5 Å². The number of fused-ring (bicyclic) bond motifs is 1. The lowest BCUT2D eigenvalue weighted by molar-refractivity contribution is -0.321. The van der Waals surface area contributed by atoms with Crippen LogP contribution in [0.2, 0.25) is 0 Å². The normalized spacial score (nSPS) is 24.6. The summed E-state index contributed by atoms with van der Waals surface area (Å²) in [5.41, 5.74) is 0.958. The minimum absolute atomic E-state index is 0.0392. The van der Waals surface area contributed by atoms with Crippen molar-refractivity contribution in [2.75, 3.05) is 25.0 Å². The van der Waals surface area contributed by atoms with Gasteiger partial charge in [-0.05, 0) is 54.6 Å². The third-order valence-electron chi connectivity index (χ3n) is 8.36. The highest BCUT2D eigenvalue weighted by atomic mass is 19.4. The van der Waals surface area contributed by atoms with Gasteiger partial charge in [-0.1, -0.05) is 45.4 Å². The lowest BCUT2D eigenvalue weighted by Gasteiger charge is -2.29. The molecule has 0 aromatic heterocycles. The van der Waals surface area contributed by atoms with Crippen LogP contribution in [0.25, 0.3) is 0 Å². The van der Waals surface area contributed by atoms with Crippen LogP contribution < -0.4 is 16.0 Å². The van der Waals surface area contributed by atoms with Crippen molar-refractivity contribution >= 4 is 35.1 Å². The maximum Gasteiger partial charge on any atom is 0.522 e. The number of nitrogens with zero attached hydrogens (tertiary/aromatic N) is 1. The maximum absolute atomic E-state index is 13.7. The van der Waals surface area contributed by atoms with Gasteiger partial charge in [-0.15, -0.1) is 13.2 Å². The highest BCUT2D eigenvalue weighted by Gasteiger charge is 2.51. The number of nitrogens with one attached hydrogen (secondary N) is 3. The Hall–Kier alpha value is -3.48. The van der Waals surface area contributed by atoms with Crippen molar-refractivity contribution in [3.05, 3.63) is 29.8 Å². The summed E-state index contributed by atoms with van der Waals surface area (Å²) in [6.45, 7) is 5.07. The van der Waals surface area contributed by atoms with Crippen LogP contribution in [-0.2, 0) is 34.1 Å². The van der Waals surface area contributed by atoms with E-state index in [1.165, 1.54) is 4.90 Å². The van der Waals surface area contributed by atoms with Crippen LogP contribution in [0.15, 0.2) is 24.3 Å². The number of hydrogen-bond acceptors (Lipinski definition) is 6. The number of rotatable bonds is 8. The fraction of sp³-hybridized carbons (Fsp3) is 0.621. The molecule has 2 aliphatic heterocycles. The molecule has 1 aliphatic carbocycles. The van der Waals surface area contributed by atoms with Gasteiger partial charge in [0.05, 0.1) is 6.04 Å². The molecule has 3 aliphatic rings. The van der Waals surface area contributed by atoms with Crippen LogP contribution in [0.4, 0.5) is 18.9 Å². The fourth-order valence-corrected chi connectivity index (χ4v) is 6.34. The molecule has 1 saturated carbocycles. The number of hydrogen-bond donors (Lipinski definition) is 3. The summed E-state index contributed by atoms with van der Waals surface area (Å²) in [5.74, 6) is -4.98. The number of anilines is 1. The molecular formula is C29H37F3N4O6. The summed E-state index contributed by atoms with van der Waals surface area (Å²) in [6, 6.07) is 4.56. The molecule has 2 heterocycles. The van der Waals surface area contributed by atoms with E-state index in [1.807, 2.05) is 32.9 Å². The average Bonchev–Trinajstić information content (AvgIpc) is 3.62. The van der Waals surface area contributed by atoms with E-state index in [1.54, 1.807) is 12.1 Å². The van der Waals surface area contributed by atoms with E-state index in [2.05, 4.69) is 20.7 Å². The zero-order valence-corrected chi connectivity index (χ0v) is 23.9.